The molecule has 0 atom stereocenters. The van der Waals surface area contributed by atoms with E-state index in [0.29, 0.717) is 17.9 Å². The van der Waals surface area contributed by atoms with E-state index in [2.05, 4.69) is 16.8 Å². The van der Waals surface area contributed by atoms with Crippen LogP contribution in [0.2, 0.25) is 0 Å². The average molecular weight is 161 g/mol. The van der Waals surface area contributed by atoms with E-state index in [1.165, 1.54) is 0 Å². The highest BCUT2D eigenvalue weighted by Crippen LogP contribution is 2.11. The van der Waals surface area contributed by atoms with Crippen LogP contribution in [0, 0.1) is 18.8 Å². The van der Waals surface area contributed by atoms with Crippen molar-refractivity contribution in [2.24, 2.45) is 5.73 Å². The monoisotopic (exact) mass is 161 g/mol. The predicted molar refractivity (Wildman–Crippen MR) is 49.3 cm³/mol. The van der Waals surface area contributed by atoms with Gasteiger partial charge in [-0.05, 0) is 24.5 Å². The van der Waals surface area contributed by atoms with Gasteiger partial charge in [-0.1, -0.05) is 5.92 Å². The van der Waals surface area contributed by atoms with Crippen molar-refractivity contribution in [1.29, 1.82) is 0 Å². The lowest BCUT2D eigenvalue weighted by Crippen LogP contribution is -1.98. The first kappa shape index (κ1) is 8.57. The van der Waals surface area contributed by atoms with Crippen LogP contribution in [-0.2, 0) is 0 Å². The summed E-state index contributed by atoms with van der Waals surface area (Å²) >= 11 is 0. The molecule has 0 spiro atoms. The molecule has 0 bridgehead atoms. The van der Waals surface area contributed by atoms with Crippen LogP contribution in [0.4, 0.5) is 5.69 Å². The summed E-state index contributed by atoms with van der Waals surface area (Å²) in [6, 6.07) is 1.85. The summed E-state index contributed by atoms with van der Waals surface area (Å²) in [6.07, 6.45) is 1.69. The summed E-state index contributed by atoms with van der Waals surface area (Å²) in [4.78, 5) is 4.02. The number of nitrogens with zero attached hydrogens (tertiary/aromatic N) is 1. The highest BCUT2D eigenvalue weighted by molar-refractivity contribution is 5.56. The van der Waals surface area contributed by atoms with Gasteiger partial charge in [0.2, 0.25) is 0 Å². The topological polar surface area (TPSA) is 64.9 Å². The molecule has 1 heterocycles. The van der Waals surface area contributed by atoms with Crippen LogP contribution in [0.5, 0.6) is 0 Å². The Labute approximate surface area is 71.8 Å². The summed E-state index contributed by atoms with van der Waals surface area (Å²) < 4.78 is 0. The predicted octanol–water partition coefficient (Wildman–Crippen LogP) is 0.282. The lowest BCUT2D eigenvalue weighted by Gasteiger charge is -1.99. The molecule has 0 aromatic carbocycles. The van der Waals surface area contributed by atoms with Crippen molar-refractivity contribution >= 4 is 5.69 Å². The number of nitrogens with two attached hydrogens (primary N) is 2. The molecule has 0 aliphatic heterocycles. The normalized spacial score (nSPS) is 8.83. The minimum Gasteiger partial charge on any atom is -0.396 e. The summed E-state index contributed by atoms with van der Waals surface area (Å²) in [5, 5.41) is 0. The smallest absolute Gasteiger partial charge is 0.136 e. The molecule has 1 aromatic heterocycles. The molecule has 1 aromatic rings. The summed E-state index contributed by atoms with van der Waals surface area (Å²) in [5.41, 5.74) is 13.2. The number of hydrogen-bond donors (Lipinski definition) is 2. The highest BCUT2D eigenvalue weighted by atomic mass is 14.7. The van der Waals surface area contributed by atoms with Gasteiger partial charge in [-0.25, -0.2) is 4.98 Å². The lowest BCUT2D eigenvalue weighted by atomic mass is 10.2. The maximum Gasteiger partial charge on any atom is 0.136 e. The number of anilines is 1. The third kappa shape index (κ3) is 1.74. The first-order chi connectivity index (χ1) is 5.75. The van der Waals surface area contributed by atoms with Gasteiger partial charge in [0.15, 0.2) is 0 Å². The molecule has 0 amide bonds. The Morgan fingerprint density at radius 1 is 1.58 bits per heavy atom. The molecule has 0 aliphatic carbocycles. The van der Waals surface area contributed by atoms with Crippen molar-refractivity contribution in [3.8, 4) is 11.8 Å². The molecular weight excluding hydrogens is 150 g/mol. The Morgan fingerprint density at radius 3 is 3.00 bits per heavy atom. The maximum absolute atomic E-state index is 5.72. The van der Waals surface area contributed by atoms with Gasteiger partial charge >= 0.3 is 0 Å². The zero-order chi connectivity index (χ0) is 8.97. The maximum atomic E-state index is 5.72. The van der Waals surface area contributed by atoms with Gasteiger partial charge in [-0.15, -0.1) is 0 Å². The van der Waals surface area contributed by atoms with Crippen molar-refractivity contribution < 1.29 is 0 Å². The van der Waals surface area contributed by atoms with Crippen LogP contribution in [0.3, 0.4) is 0 Å². The van der Waals surface area contributed by atoms with Gasteiger partial charge in [0.1, 0.15) is 5.69 Å². The van der Waals surface area contributed by atoms with Crippen molar-refractivity contribution in [3.63, 3.8) is 0 Å². The van der Waals surface area contributed by atoms with E-state index in [9.17, 15) is 0 Å². The molecule has 3 heteroatoms. The Hall–Kier alpha value is -1.53. The van der Waals surface area contributed by atoms with Gasteiger partial charge in [-0.2, -0.15) is 0 Å². The molecule has 0 saturated heterocycles. The van der Waals surface area contributed by atoms with E-state index in [0.717, 1.165) is 5.56 Å². The van der Waals surface area contributed by atoms with Crippen LogP contribution in [0.1, 0.15) is 11.3 Å². The van der Waals surface area contributed by atoms with Crippen molar-refractivity contribution in [2.45, 2.75) is 6.92 Å². The fourth-order valence-electron chi connectivity index (χ4n) is 0.804. The number of aryl methyl sites for hydroxylation is 1. The molecular formula is C9H11N3. The van der Waals surface area contributed by atoms with Crippen molar-refractivity contribution in [3.05, 3.63) is 23.5 Å². The number of aromatic nitrogens is 1. The summed E-state index contributed by atoms with van der Waals surface area (Å²) in [6.45, 7) is 2.25. The molecule has 62 valence electrons. The third-order valence-corrected chi connectivity index (χ3v) is 1.52. The largest absolute Gasteiger partial charge is 0.396 e. The van der Waals surface area contributed by atoms with E-state index in [-0.39, 0.29) is 0 Å². The van der Waals surface area contributed by atoms with Gasteiger partial charge in [0.05, 0.1) is 12.2 Å². The molecule has 0 unspecified atom stereocenters. The fraction of sp³-hybridized carbons (Fsp3) is 0.222. The van der Waals surface area contributed by atoms with E-state index in [1.807, 2.05) is 13.0 Å². The van der Waals surface area contributed by atoms with Crippen LogP contribution < -0.4 is 11.5 Å². The first-order valence-corrected chi connectivity index (χ1v) is 3.65. The van der Waals surface area contributed by atoms with E-state index >= 15 is 0 Å². The Kier molecular flexibility index (Phi) is 2.67. The van der Waals surface area contributed by atoms with Crippen LogP contribution in [0.25, 0.3) is 0 Å². The quantitative estimate of drug-likeness (QED) is 0.537. The molecule has 1 rings (SSSR count). The van der Waals surface area contributed by atoms with Crippen molar-refractivity contribution in [2.75, 3.05) is 12.3 Å². The molecule has 4 N–H and O–H groups in total. The number of pyridine rings is 1. The van der Waals surface area contributed by atoms with Gasteiger partial charge in [-0.3, -0.25) is 0 Å². The molecule has 3 nitrogen and oxygen atoms in total. The lowest BCUT2D eigenvalue weighted by molar-refractivity contribution is 1.25. The second-order valence-corrected chi connectivity index (χ2v) is 2.40. The first-order valence-electron chi connectivity index (χ1n) is 3.65. The number of hydrogen-bond acceptors (Lipinski definition) is 3. The SMILES string of the molecule is Cc1ccnc(C#CCN)c1N. The second kappa shape index (κ2) is 3.74. The Bertz CT molecular complexity index is 333. The summed E-state index contributed by atoms with van der Waals surface area (Å²) in [7, 11) is 0. The molecule has 12 heavy (non-hydrogen) atoms. The number of nitrogen functional groups attached to an aromatic ring is 1. The molecule has 0 radical (unpaired) electrons. The van der Waals surface area contributed by atoms with Crippen LogP contribution in [0.15, 0.2) is 12.3 Å². The molecule has 0 fully saturated rings. The highest BCUT2D eigenvalue weighted by Gasteiger charge is 1.97. The van der Waals surface area contributed by atoms with E-state index < -0.39 is 0 Å². The molecule has 0 saturated carbocycles. The standard InChI is InChI=1S/C9H11N3/c1-7-4-6-12-8(9(7)11)3-2-5-10/h4,6H,5,10-11H2,1H3. The van der Waals surface area contributed by atoms with Gasteiger partial charge in [0, 0.05) is 6.20 Å². The molecule has 0 aliphatic rings. The number of rotatable bonds is 0. The fourth-order valence-corrected chi connectivity index (χ4v) is 0.804. The van der Waals surface area contributed by atoms with E-state index in [1.54, 1.807) is 6.20 Å². The zero-order valence-electron chi connectivity index (χ0n) is 6.96. The van der Waals surface area contributed by atoms with Gasteiger partial charge < -0.3 is 11.5 Å². The third-order valence-electron chi connectivity index (χ3n) is 1.52. The van der Waals surface area contributed by atoms with Crippen molar-refractivity contribution in [1.82, 2.24) is 4.98 Å². The zero-order valence-corrected chi connectivity index (χ0v) is 6.96. The van der Waals surface area contributed by atoms with Crippen LogP contribution >= 0.6 is 0 Å². The Morgan fingerprint density at radius 2 is 2.33 bits per heavy atom. The minimum atomic E-state index is 0.328. The van der Waals surface area contributed by atoms with Crippen LogP contribution in [-0.4, -0.2) is 11.5 Å². The average Bonchev–Trinajstić information content (AvgIpc) is 2.08. The minimum absolute atomic E-state index is 0.328. The summed E-state index contributed by atoms with van der Waals surface area (Å²) in [5.74, 6) is 5.51. The second-order valence-electron chi connectivity index (χ2n) is 2.40. The van der Waals surface area contributed by atoms with E-state index in [4.69, 9.17) is 11.5 Å². The van der Waals surface area contributed by atoms with Gasteiger partial charge in [0.25, 0.3) is 0 Å². The Balaban J connectivity index is 3.08.